The van der Waals surface area contributed by atoms with E-state index in [1.807, 2.05) is 30.3 Å². The van der Waals surface area contributed by atoms with Gasteiger partial charge in [-0.15, -0.1) is 0 Å². The Labute approximate surface area is 206 Å². The van der Waals surface area contributed by atoms with Gasteiger partial charge in [-0.25, -0.2) is 9.37 Å². The molecule has 8 heteroatoms. The highest BCUT2D eigenvalue weighted by Crippen LogP contribution is 2.29. The van der Waals surface area contributed by atoms with Crippen LogP contribution < -0.4 is 5.56 Å². The van der Waals surface area contributed by atoms with E-state index in [0.29, 0.717) is 33.8 Å². The van der Waals surface area contributed by atoms with Crippen molar-refractivity contribution < 1.29 is 13.2 Å². The van der Waals surface area contributed by atoms with Crippen LogP contribution in [-0.4, -0.2) is 15.9 Å². The van der Waals surface area contributed by atoms with Gasteiger partial charge in [-0.1, -0.05) is 28.1 Å². The van der Waals surface area contributed by atoms with Gasteiger partial charge < -0.3 is 8.83 Å². The third kappa shape index (κ3) is 3.98. The van der Waals surface area contributed by atoms with Crippen molar-refractivity contribution >= 4 is 44.0 Å². The van der Waals surface area contributed by atoms with Crippen LogP contribution in [-0.2, 0) is 0 Å². The van der Waals surface area contributed by atoms with Crippen molar-refractivity contribution in [3.05, 3.63) is 111 Å². The first-order valence-corrected chi connectivity index (χ1v) is 11.5. The van der Waals surface area contributed by atoms with Gasteiger partial charge in [0.25, 0.3) is 5.56 Å². The Morgan fingerprint density at radius 2 is 1.74 bits per heavy atom. The number of hydrogen-bond donors (Lipinski definition) is 0. The lowest BCUT2D eigenvalue weighted by molar-refractivity contribution is 0.573. The number of halogens is 2. The van der Waals surface area contributed by atoms with Crippen molar-refractivity contribution in [2.45, 2.75) is 0 Å². The first kappa shape index (κ1) is 21.2. The molecule has 0 spiro atoms. The first-order valence-electron chi connectivity index (χ1n) is 10.7. The molecule has 0 aliphatic rings. The van der Waals surface area contributed by atoms with E-state index in [9.17, 15) is 9.18 Å². The number of hydrogen-bond acceptors (Lipinski definition) is 5. The normalized spacial score (nSPS) is 11.7. The average Bonchev–Trinajstić information content (AvgIpc) is 3.51. The zero-order valence-electron chi connectivity index (χ0n) is 18.0. The molecule has 0 bridgehead atoms. The summed E-state index contributed by atoms with van der Waals surface area (Å²) in [5.41, 5.74) is 1.59. The molecule has 0 unspecified atom stereocenters. The second-order valence-corrected chi connectivity index (χ2v) is 8.73. The molecular formula is C27H15BrFN3O3. The number of nitrogens with zero attached hydrogens (tertiary/aromatic N) is 3. The largest absolute Gasteiger partial charge is 0.455 e. The minimum Gasteiger partial charge on any atom is -0.455 e. The zero-order chi connectivity index (χ0) is 23.9. The van der Waals surface area contributed by atoms with Crippen molar-refractivity contribution in [1.82, 2.24) is 9.66 Å². The van der Waals surface area contributed by atoms with E-state index < -0.39 is 0 Å². The van der Waals surface area contributed by atoms with E-state index in [0.717, 1.165) is 15.4 Å². The maximum absolute atomic E-state index is 13.4. The third-order valence-electron chi connectivity index (χ3n) is 5.51. The molecule has 6 aromatic rings. The lowest BCUT2D eigenvalue weighted by atomic mass is 10.2. The van der Waals surface area contributed by atoms with E-state index in [2.05, 4.69) is 26.0 Å². The standard InChI is InChI=1S/C27H15BrFN3O3/c28-18-7-11-24-17(13-18)14-25(35-24)26-31-22-4-2-1-3-21(22)27(33)32(26)30-15-20-10-12-23(34-20)16-5-8-19(29)9-6-16/h1-15H. The van der Waals surface area contributed by atoms with E-state index in [1.54, 1.807) is 42.5 Å². The fraction of sp³-hybridized carbons (Fsp3) is 0. The minimum atomic E-state index is -0.339. The molecule has 170 valence electrons. The molecule has 0 aliphatic carbocycles. The van der Waals surface area contributed by atoms with E-state index in [-0.39, 0.29) is 17.2 Å². The molecule has 3 heterocycles. The topological polar surface area (TPSA) is 73.5 Å². The van der Waals surface area contributed by atoms with E-state index in [1.165, 1.54) is 23.0 Å². The van der Waals surface area contributed by atoms with Crippen LogP contribution in [0.1, 0.15) is 5.76 Å². The minimum absolute atomic E-state index is 0.266. The number of aromatic nitrogens is 2. The molecule has 0 saturated heterocycles. The van der Waals surface area contributed by atoms with Crippen LogP contribution >= 0.6 is 15.9 Å². The molecule has 0 saturated carbocycles. The van der Waals surface area contributed by atoms with Gasteiger partial charge in [-0.2, -0.15) is 9.78 Å². The molecule has 3 aromatic carbocycles. The molecule has 0 atom stereocenters. The molecule has 6 nitrogen and oxygen atoms in total. The van der Waals surface area contributed by atoms with Gasteiger partial charge in [0.2, 0.25) is 5.82 Å². The Bertz CT molecular complexity index is 1800. The van der Waals surface area contributed by atoms with Gasteiger partial charge in [0.15, 0.2) is 5.76 Å². The SMILES string of the molecule is O=c1c2ccccc2nc(-c2cc3cc(Br)ccc3o2)n1N=Cc1ccc(-c2ccc(F)cc2)o1. The summed E-state index contributed by atoms with van der Waals surface area (Å²) in [6.07, 6.45) is 1.44. The van der Waals surface area contributed by atoms with Crippen molar-refractivity contribution in [3.63, 3.8) is 0 Å². The molecule has 0 radical (unpaired) electrons. The summed E-state index contributed by atoms with van der Waals surface area (Å²) in [4.78, 5) is 18.0. The second kappa shape index (κ2) is 8.48. The number of fused-ring (bicyclic) bond motifs is 2. The molecule has 35 heavy (non-hydrogen) atoms. The molecule has 0 N–H and O–H groups in total. The lowest BCUT2D eigenvalue weighted by Gasteiger charge is -2.06. The summed E-state index contributed by atoms with van der Waals surface area (Å²) in [7, 11) is 0. The molecular weight excluding hydrogens is 513 g/mol. The smallest absolute Gasteiger partial charge is 0.282 e. The summed E-state index contributed by atoms with van der Waals surface area (Å²) < 4.78 is 27.2. The first-order chi connectivity index (χ1) is 17.0. The van der Waals surface area contributed by atoms with Gasteiger partial charge in [0.1, 0.15) is 22.9 Å². The molecule has 0 fully saturated rings. The third-order valence-corrected chi connectivity index (χ3v) is 6.00. The fourth-order valence-electron chi connectivity index (χ4n) is 3.82. The van der Waals surface area contributed by atoms with Crippen molar-refractivity contribution in [2.24, 2.45) is 5.10 Å². The predicted octanol–water partition coefficient (Wildman–Crippen LogP) is 6.85. The number of rotatable bonds is 4. The van der Waals surface area contributed by atoms with Gasteiger partial charge in [-0.05, 0) is 72.8 Å². The fourth-order valence-corrected chi connectivity index (χ4v) is 4.20. The van der Waals surface area contributed by atoms with Crippen LogP contribution in [0.25, 0.3) is 44.8 Å². The summed E-state index contributed by atoms with van der Waals surface area (Å²) in [6.45, 7) is 0. The maximum Gasteiger partial charge on any atom is 0.282 e. The highest BCUT2D eigenvalue weighted by Gasteiger charge is 2.17. The Balaban J connectivity index is 1.46. The number of para-hydroxylation sites is 1. The summed E-state index contributed by atoms with van der Waals surface area (Å²) in [5.74, 6) is 1.32. The molecule has 0 amide bonds. The summed E-state index contributed by atoms with van der Waals surface area (Å²) in [6, 6.07) is 24.0. The zero-order valence-corrected chi connectivity index (χ0v) is 19.6. The van der Waals surface area contributed by atoms with Gasteiger partial charge in [0.05, 0.1) is 17.1 Å². The number of benzene rings is 3. The molecule has 6 rings (SSSR count). The van der Waals surface area contributed by atoms with E-state index in [4.69, 9.17) is 8.83 Å². The van der Waals surface area contributed by atoms with Crippen LogP contribution in [0.3, 0.4) is 0 Å². The average molecular weight is 528 g/mol. The van der Waals surface area contributed by atoms with Crippen LogP contribution in [0, 0.1) is 5.82 Å². The van der Waals surface area contributed by atoms with Crippen molar-refractivity contribution in [3.8, 4) is 22.9 Å². The quantitative estimate of drug-likeness (QED) is 0.235. The Kier molecular flexibility index (Phi) is 5.15. The van der Waals surface area contributed by atoms with Crippen molar-refractivity contribution in [2.75, 3.05) is 0 Å². The summed E-state index contributed by atoms with van der Waals surface area (Å²) >= 11 is 3.46. The predicted molar refractivity (Wildman–Crippen MR) is 136 cm³/mol. The van der Waals surface area contributed by atoms with E-state index >= 15 is 0 Å². The summed E-state index contributed by atoms with van der Waals surface area (Å²) in [5, 5.41) is 5.70. The van der Waals surface area contributed by atoms with Crippen LogP contribution in [0.2, 0.25) is 0 Å². The van der Waals surface area contributed by atoms with Crippen LogP contribution in [0.4, 0.5) is 4.39 Å². The Morgan fingerprint density at radius 1 is 0.914 bits per heavy atom. The van der Waals surface area contributed by atoms with Crippen molar-refractivity contribution in [1.29, 1.82) is 0 Å². The monoisotopic (exact) mass is 527 g/mol. The highest BCUT2D eigenvalue weighted by atomic mass is 79.9. The van der Waals surface area contributed by atoms with Crippen LogP contribution in [0.5, 0.6) is 0 Å². The number of furan rings is 2. The molecule has 0 aliphatic heterocycles. The maximum atomic E-state index is 13.4. The molecule has 3 aromatic heterocycles. The van der Waals surface area contributed by atoms with Gasteiger partial charge in [0, 0.05) is 15.4 Å². The Morgan fingerprint density at radius 3 is 2.60 bits per heavy atom. The van der Waals surface area contributed by atoms with Gasteiger partial charge in [-0.3, -0.25) is 4.79 Å². The van der Waals surface area contributed by atoms with Crippen LogP contribution in [0.15, 0.2) is 108 Å². The Hall–Kier alpha value is -4.30. The van der Waals surface area contributed by atoms with Gasteiger partial charge >= 0.3 is 0 Å². The lowest BCUT2D eigenvalue weighted by Crippen LogP contribution is -2.20. The highest BCUT2D eigenvalue weighted by molar-refractivity contribution is 9.10. The second-order valence-electron chi connectivity index (χ2n) is 7.82.